The van der Waals surface area contributed by atoms with Gasteiger partial charge in [-0.05, 0) is 50.2 Å². The van der Waals surface area contributed by atoms with E-state index in [-0.39, 0.29) is 0 Å². The predicted molar refractivity (Wildman–Crippen MR) is 104 cm³/mol. The van der Waals surface area contributed by atoms with E-state index in [2.05, 4.69) is 10.6 Å². The molecule has 0 radical (unpaired) electrons. The predicted octanol–water partition coefficient (Wildman–Crippen LogP) is 3.32. The van der Waals surface area contributed by atoms with Gasteiger partial charge in [0.1, 0.15) is 11.2 Å². The van der Waals surface area contributed by atoms with Crippen LogP contribution in [0.25, 0.3) is 0 Å². The third-order valence-corrected chi connectivity index (χ3v) is 4.12. The summed E-state index contributed by atoms with van der Waals surface area (Å²) in [6, 6.07) is 11.9. The van der Waals surface area contributed by atoms with Gasteiger partial charge in [0.15, 0.2) is 11.5 Å². The minimum absolute atomic E-state index is 0.425. The molecule has 0 aliphatic rings. The molecule has 0 bridgehead atoms. The molecule has 0 saturated heterocycles. The summed E-state index contributed by atoms with van der Waals surface area (Å²) in [5, 5.41) is 5.48. The van der Waals surface area contributed by atoms with Crippen molar-refractivity contribution in [3.63, 3.8) is 0 Å². The molecule has 2 rings (SSSR count). The Morgan fingerprint density at radius 1 is 0.741 bits per heavy atom. The largest absolute Gasteiger partial charge is 0.497 e. The average Bonchev–Trinajstić information content (AvgIpc) is 2.68. The standard InChI is InChI=1S/C20H24N2O5/c1-20(2,18(23)21-13-6-9-15(25-3)10-7-13)19(24)22-14-8-11-16(26-4)17(12-14)27-5/h6-12H,1-5H3,(H,21,23)(H,22,24). The van der Waals surface area contributed by atoms with Crippen molar-refractivity contribution in [3.8, 4) is 17.2 Å². The SMILES string of the molecule is COc1ccc(NC(=O)C(C)(C)C(=O)Nc2ccc(OC)c(OC)c2)cc1. The maximum atomic E-state index is 12.7. The first kappa shape index (κ1) is 20.1. The number of amides is 2. The molecule has 0 aliphatic carbocycles. The van der Waals surface area contributed by atoms with Crippen LogP contribution in [0.3, 0.4) is 0 Å². The van der Waals surface area contributed by atoms with E-state index in [1.807, 2.05) is 0 Å². The molecule has 0 spiro atoms. The molecule has 144 valence electrons. The number of carbonyl (C=O) groups is 2. The highest BCUT2D eigenvalue weighted by atomic mass is 16.5. The first-order valence-electron chi connectivity index (χ1n) is 8.30. The molecule has 0 aromatic heterocycles. The first-order valence-corrected chi connectivity index (χ1v) is 8.30. The average molecular weight is 372 g/mol. The number of ether oxygens (including phenoxy) is 3. The molecule has 0 atom stereocenters. The fourth-order valence-corrected chi connectivity index (χ4v) is 2.27. The molecule has 7 heteroatoms. The minimum Gasteiger partial charge on any atom is -0.497 e. The van der Waals surface area contributed by atoms with E-state index in [1.165, 1.54) is 14.2 Å². The van der Waals surface area contributed by atoms with Crippen molar-refractivity contribution in [2.45, 2.75) is 13.8 Å². The minimum atomic E-state index is -1.30. The van der Waals surface area contributed by atoms with E-state index >= 15 is 0 Å². The van der Waals surface area contributed by atoms with Gasteiger partial charge in [0.05, 0.1) is 21.3 Å². The normalized spacial score (nSPS) is 10.7. The Hall–Kier alpha value is -3.22. The van der Waals surface area contributed by atoms with E-state index in [4.69, 9.17) is 14.2 Å². The summed E-state index contributed by atoms with van der Waals surface area (Å²) < 4.78 is 15.5. The van der Waals surface area contributed by atoms with Crippen LogP contribution in [0.5, 0.6) is 17.2 Å². The van der Waals surface area contributed by atoms with Crippen LogP contribution >= 0.6 is 0 Å². The summed E-state index contributed by atoms with van der Waals surface area (Å²) in [6.07, 6.45) is 0. The third kappa shape index (κ3) is 4.69. The molecule has 27 heavy (non-hydrogen) atoms. The summed E-state index contributed by atoms with van der Waals surface area (Å²) in [4.78, 5) is 25.3. The Kier molecular flexibility index (Phi) is 6.28. The van der Waals surface area contributed by atoms with Crippen LogP contribution in [-0.2, 0) is 9.59 Å². The molecule has 0 aliphatic heterocycles. The van der Waals surface area contributed by atoms with Gasteiger partial charge in [-0.2, -0.15) is 0 Å². The van der Waals surface area contributed by atoms with Gasteiger partial charge in [-0.1, -0.05) is 0 Å². The Labute approximate surface area is 158 Å². The highest BCUT2D eigenvalue weighted by molar-refractivity contribution is 6.14. The van der Waals surface area contributed by atoms with Gasteiger partial charge in [0.2, 0.25) is 11.8 Å². The number of hydrogen-bond donors (Lipinski definition) is 2. The van der Waals surface area contributed by atoms with Gasteiger partial charge in [0.25, 0.3) is 0 Å². The smallest absolute Gasteiger partial charge is 0.239 e. The van der Waals surface area contributed by atoms with E-state index in [1.54, 1.807) is 63.4 Å². The zero-order valence-electron chi connectivity index (χ0n) is 16.1. The van der Waals surface area contributed by atoms with Gasteiger partial charge in [-0.25, -0.2) is 0 Å². The van der Waals surface area contributed by atoms with E-state index in [0.29, 0.717) is 28.6 Å². The van der Waals surface area contributed by atoms with Crippen LogP contribution < -0.4 is 24.8 Å². The van der Waals surface area contributed by atoms with Crippen LogP contribution in [0.1, 0.15) is 13.8 Å². The maximum Gasteiger partial charge on any atom is 0.239 e. The quantitative estimate of drug-likeness (QED) is 0.728. The van der Waals surface area contributed by atoms with Crippen molar-refractivity contribution in [1.82, 2.24) is 0 Å². The summed E-state index contributed by atoms with van der Waals surface area (Å²) >= 11 is 0. The molecule has 0 unspecified atom stereocenters. The number of hydrogen-bond acceptors (Lipinski definition) is 5. The Morgan fingerprint density at radius 2 is 1.26 bits per heavy atom. The number of methoxy groups -OCH3 is 3. The molecule has 2 aromatic carbocycles. The zero-order chi connectivity index (χ0) is 20.0. The van der Waals surface area contributed by atoms with Crippen molar-refractivity contribution >= 4 is 23.2 Å². The van der Waals surface area contributed by atoms with E-state index in [9.17, 15) is 9.59 Å². The molecule has 0 heterocycles. The molecule has 7 nitrogen and oxygen atoms in total. The molecule has 2 N–H and O–H groups in total. The highest BCUT2D eigenvalue weighted by Crippen LogP contribution is 2.31. The molecule has 0 fully saturated rings. The van der Waals surface area contributed by atoms with Gasteiger partial charge in [0, 0.05) is 17.4 Å². The van der Waals surface area contributed by atoms with Crippen molar-refractivity contribution in [2.75, 3.05) is 32.0 Å². The second-order valence-electron chi connectivity index (χ2n) is 6.33. The Balaban J connectivity index is 2.09. The summed E-state index contributed by atoms with van der Waals surface area (Å²) in [6.45, 7) is 3.11. The number of rotatable bonds is 7. The second kappa shape index (κ2) is 8.44. The first-order chi connectivity index (χ1) is 12.8. The number of benzene rings is 2. The van der Waals surface area contributed by atoms with Crippen molar-refractivity contribution in [3.05, 3.63) is 42.5 Å². The van der Waals surface area contributed by atoms with Gasteiger partial charge in [-0.3, -0.25) is 9.59 Å². The zero-order valence-corrected chi connectivity index (χ0v) is 16.1. The van der Waals surface area contributed by atoms with Crippen LogP contribution in [0.2, 0.25) is 0 Å². The lowest BCUT2D eigenvalue weighted by Crippen LogP contribution is -2.41. The van der Waals surface area contributed by atoms with Gasteiger partial charge in [-0.15, -0.1) is 0 Å². The van der Waals surface area contributed by atoms with Crippen LogP contribution in [0.4, 0.5) is 11.4 Å². The Bertz CT molecular complexity index is 816. The summed E-state index contributed by atoms with van der Waals surface area (Å²) in [5.41, 5.74) is -0.219. The van der Waals surface area contributed by atoms with Crippen molar-refractivity contribution in [2.24, 2.45) is 5.41 Å². The lowest BCUT2D eigenvalue weighted by atomic mass is 9.90. The third-order valence-electron chi connectivity index (χ3n) is 4.12. The van der Waals surface area contributed by atoms with Crippen LogP contribution in [-0.4, -0.2) is 33.1 Å². The fourth-order valence-electron chi connectivity index (χ4n) is 2.27. The molecular formula is C20H24N2O5. The van der Waals surface area contributed by atoms with Gasteiger partial charge >= 0.3 is 0 Å². The fraction of sp³-hybridized carbons (Fsp3) is 0.300. The Morgan fingerprint density at radius 3 is 1.78 bits per heavy atom. The number of anilines is 2. The summed E-state index contributed by atoms with van der Waals surface area (Å²) in [7, 11) is 4.60. The van der Waals surface area contributed by atoms with Crippen molar-refractivity contribution in [1.29, 1.82) is 0 Å². The van der Waals surface area contributed by atoms with Gasteiger partial charge < -0.3 is 24.8 Å². The molecular weight excluding hydrogens is 348 g/mol. The topological polar surface area (TPSA) is 85.9 Å². The number of nitrogens with one attached hydrogen (secondary N) is 2. The molecule has 2 aromatic rings. The van der Waals surface area contributed by atoms with Crippen LogP contribution in [0.15, 0.2) is 42.5 Å². The summed E-state index contributed by atoms with van der Waals surface area (Å²) in [5.74, 6) is 0.840. The highest BCUT2D eigenvalue weighted by Gasteiger charge is 2.36. The van der Waals surface area contributed by atoms with E-state index < -0.39 is 17.2 Å². The van der Waals surface area contributed by atoms with E-state index in [0.717, 1.165) is 0 Å². The number of carbonyl (C=O) groups excluding carboxylic acids is 2. The molecule has 0 saturated carbocycles. The van der Waals surface area contributed by atoms with Crippen molar-refractivity contribution < 1.29 is 23.8 Å². The second-order valence-corrected chi connectivity index (χ2v) is 6.33. The lowest BCUT2D eigenvalue weighted by molar-refractivity contribution is -0.135. The monoisotopic (exact) mass is 372 g/mol. The van der Waals surface area contributed by atoms with Crippen LogP contribution in [0, 0.1) is 5.41 Å². The maximum absolute atomic E-state index is 12.7. The lowest BCUT2D eigenvalue weighted by Gasteiger charge is -2.23. The molecule has 2 amide bonds.